The van der Waals surface area contributed by atoms with Crippen LogP contribution in [0.3, 0.4) is 0 Å². The van der Waals surface area contributed by atoms with E-state index in [2.05, 4.69) is 10.6 Å². The van der Waals surface area contributed by atoms with Crippen LogP contribution in [0.4, 0.5) is 4.79 Å². The van der Waals surface area contributed by atoms with Crippen molar-refractivity contribution in [3.8, 4) is 0 Å². The number of hydrogen-bond donors (Lipinski definition) is 5. The highest BCUT2D eigenvalue weighted by Crippen LogP contribution is 2.08. The van der Waals surface area contributed by atoms with Crippen LogP contribution in [0.2, 0.25) is 0 Å². The Labute approximate surface area is 122 Å². The maximum atomic E-state index is 11.4. The number of rotatable bonds is 1. The van der Waals surface area contributed by atoms with Crippen LogP contribution in [0.15, 0.2) is 0 Å². The van der Waals surface area contributed by atoms with E-state index in [0.29, 0.717) is 13.0 Å². The molecule has 5 N–H and O–H groups in total. The largest absolute Gasteiger partial charge is 0.473 e. The number of carbonyl (C=O) groups excluding carboxylic acids is 1. The topological polar surface area (TPSA) is 145 Å². The van der Waals surface area contributed by atoms with Gasteiger partial charge in [-0.3, -0.25) is 0 Å². The van der Waals surface area contributed by atoms with Crippen LogP contribution < -0.4 is 10.6 Å². The van der Waals surface area contributed by atoms with Crippen molar-refractivity contribution < 1.29 is 34.4 Å². The lowest BCUT2D eigenvalue weighted by Crippen LogP contribution is -2.54. The van der Waals surface area contributed by atoms with E-state index in [9.17, 15) is 9.90 Å². The normalized spacial score (nSPS) is 21.5. The summed E-state index contributed by atoms with van der Waals surface area (Å²) >= 11 is 0. The first-order chi connectivity index (χ1) is 9.53. The van der Waals surface area contributed by atoms with Crippen molar-refractivity contribution in [1.82, 2.24) is 10.6 Å². The highest BCUT2D eigenvalue weighted by Gasteiger charge is 2.26. The summed E-state index contributed by atoms with van der Waals surface area (Å²) in [5, 5.41) is 30.1. The van der Waals surface area contributed by atoms with Crippen LogP contribution in [0.5, 0.6) is 0 Å². The van der Waals surface area contributed by atoms with Crippen molar-refractivity contribution in [2.24, 2.45) is 0 Å². The summed E-state index contributed by atoms with van der Waals surface area (Å²) in [5.74, 6) is -3.65. The van der Waals surface area contributed by atoms with Crippen LogP contribution in [0.25, 0.3) is 0 Å². The Morgan fingerprint density at radius 3 is 2.10 bits per heavy atom. The van der Waals surface area contributed by atoms with Crippen molar-refractivity contribution >= 4 is 18.0 Å². The summed E-state index contributed by atoms with van der Waals surface area (Å²) in [6.45, 7) is 6.79. The third-order valence-electron chi connectivity index (χ3n) is 2.33. The second-order valence-corrected chi connectivity index (χ2v) is 5.42. The molecular weight excluding hydrogens is 284 g/mol. The van der Waals surface area contributed by atoms with Gasteiger partial charge in [0, 0.05) is 6.54 Å². The molecule has 0 saturated carbocycles. The molecule has 0 radical (unpaired) electrons. The monoisotopic (exact) mass is 306 g/mol. The lowest BCUT2D eigenvalue weighted by Gasteiger charge is -2.30. The molecule has 1 heterocycles. The van der Waals surface area contributed by atoms with Crippen LogP contribution in [0, 0.1) is 0 Å². The van der Waals surface area contributed by atoms with Gasteiger partial charge in [-0.25, -0.2) is 14.4 Å². The molecule has 0 aromatic carbocycles. The van der Waals surface area contributed by atoms with E-state index in [-0.39, 0.29) is 6.04 Å². The molecule has 0 aromatic rings. The summed E-state index contributed by atoms with van der Waals surface area (Å²) in [4.78, 5) is 29.6. The number of carbonyl (C=O) groups is 3. The Balaban J connectivity index is 0.000000567. The lowest BCUT2D eigenvalue weighted by atomic mass is 10.0. The van der Waals surface area contributed by atoms with E-state index >= 15 is 0 Å². The van der Waals surface area contributed by atoms with E-state index in [1.165, 1.54) is 0 Å². The second-order valence-electron chi connectivity index (χ2n) is 5.42. The molecule has 1 saturated heterocycles. The van der Waals surface area contributed by atoms with E-state index in [4.69, 9.17) is 24.5 Å². The number of hydrogen-bond acceptors (Lipinski definition) is 6. The van der Waals surface area contributed by atoms with Gasteiger partial charge in [-0.2, -0.15) is 0 Å². The summed E-state index contributed by atoms with van der Waals surface area (Å²) in [7, 11) is 0. The smallest absolute Gasteiger partial charge is 0.414 e. The van der Waals surface area contributed by atoms with Crippen molar-refractivity contribution in [1.29, 1.82) is 0 Å². The van der Waals surface area contributed by atoms with Gasteiger partial charge in [0.05, 0.1) is 12.1 Å². The minimum atomic E-state index is -1.82. The van der Waals surface area contributed by atoms with E-state index in [0.717, 1.165) is 6.54 Å². The number of nitrogens with one attached hydrogen (secondary N) is 2. The quantitative estimate of drug-likeness (QED) is 0.403. The van der Waals surface area contributed by atoms with Crippen molar-refractivity contribution in [3.63, 3.8) is 0 Å². The molecule has 2 atom stereocenters. The Morgan fingerprint density at radius 2 is 1.71 bits per heavy atom. The Kier molecular flexibility index (Phi) is 7.67. The molecule has 9 heteroatoms. The fraction of sp³-hybridized carbons (Fsp3) is 0.750. The highest BCUT2D eigenvalue weighted by atomic mass is 16.6. The van der Waals surface area contributed by atoms with Crippen LogP contribution >= 0.6 is 0 Å². The average Bonchev–Trinajstić information content (AvgIpc) is 2.30. The third kappa shape index (κ3) is 9.63. The molecule has 21 heavy (non-hydrogen) atoms. The molecule has 1 aliphatic rings. The molecule has 1 amide bonds. The van der Waals surface area contributed by atoms with Crippen LogP contribution in [-0.2, 0) is 14.3 Å². The second kappa shape index (κ2) is 8.42. The van der Waals surface area contributed by atoms with Gasteiger partial charge in [0.2, 0.25) is 0 Å². The molecule has 122 valence electrons. The molecule has 0 aromatic heterocycles. The maximum absolute atomic E-state index is 11.4. The zero-order chi connectivity index (χ0) is 16.6. The zero-order valence-corrected chi connectivity index (χ0v) is 12.3. The number of carboxylic acids is 2. The number of aliphatic hydroxyl groups is 1. The first-order valence-corrected chi connectivity index (χ1v) is 6.37. The first kappa shape index (κ1) is 19.1. The van der Waals surface area contributed by atoms with E-state index in [1.54, 1.807) is 0 Å². The standard InChI is InChI=1S/C10H20N2O3.C2H2O4/c1-10(2,3)15-9(14)12-7-6-11-5-4-8(7)13;3-1(4)2(5)6/h7-8,11,13H,4-6H2,1-3H3,(H,12,14);(H,3,4)(H,5,6)/t7-,8-;/m1./s1. The Morgan fingerprint density at radius 1 is 1.19 bits per heavy atom. The summed E-state index contributed by atoms with van der Waals surface area (Å²) in [6.07, 6.45) is -0.311. The highest BCUT2D eigenvalue weighted by molar-refractivity contribution is 6.27. The van der Waals surface area contributed by atoms with Gasteiger partial charge >= 0.3 is 18.0 Å². The molecule has 1 fully saturated rings. The van der Waals surface area contributed by atoms with E-state index < -0.39 is 29.7 Å². The number of alkyl carbamates (subject to hydrolysis) is 1. The van der Waals surface area contributed by atoms with Crippen molar-refractivity contribution in [3.05, 3.63) is 0 Å². The molecule has 0 aliphatic carbocycles. The van der Waals surface area contributed by atoms with Crippen LogP contribution in [0.1, 0.15) is 27.2 Å². The molecule has 0 bridgehead atoms. The third-order valence-corrected chi connectivity index (χ3v) is 2.33. The van der Waals surface area contributed by atoms with E-state index in [1.807, 2.05) is 20.8 Å². The van der Waals surface area contributed by atoms with Gasteiger partial charge < -0.3 is 30.7 Å². The molecular formula is C12H22N2O7. The van der Waals surface area contributed by atoms with Crippen LogP contribution in [-0.4, -0.2) is 64.2 Å². The number of piperidine rings is 1. The molecule has 1 aliphatic heterocycles. The predicted molar refractivity (Wildman–Crippen MR) is 71.9 cm³/mol. The van der Waals surface area contributed by atoms with Crippen molar-refractivity contribution in [2.75, 3.05) is 13.1 Å². The van der Waals surface area contributed by atoms with Gasteiger partial charge in [0.25, 0.3) is 0 Å². The van der Waals surface area contributed by atoms with Gasteiger partial charge in [-0.05, 0) is 33.7 Å². The minimum Gasteiger partial charge on any atom is -0.473 e. The molecule has 9 nitrogen and oxygen atoms in total. The molecule has 0 unspecified atom stereocenters. The number of amides is 1. The number of aliphatic hydroxyl groups excluding tert-OH is 1. The zero-order valence-electron chi connectivity index (χ0n) is 12.3. The fourth-order valence-corrected chi connectivity index (χ4v) is 1.45. The van der Waals surface area contributed by atoms with Crippen molar-refractivity contribution in [2.45, 2.75) is 44.9 Å². The summed E-state index contributed by atoms with van der Waals surface area (Å²) < 4.78 is 5.10. The Hall–Kier alpha value is -1.87. The summed E-state index contributed by atoms with van der Waals surface area (Å²) in [6, 6.07) is -0.256. The maximum Gasteiger partial charge on any atom is 0.414 e. The van der Waals surface area contributed by atoms with Gasteiger partial charge in [0.15, 0.2) is 0 Å². The minimum absolute atomic E-state index is 0.256. The Bertz CT molecular complexity index is 366. The number of aliphatic carboxylic acids is 2. The first-order valence-electron chi connectivity index (χ1n) is 6.37. The van der Waals surface area contributed by atoms with Gasteiger partial charge in [0.1, 0.15) is 5.60 Å². The molecule has 0 spiro atoms. The van der Waals surface area contributed by atoms with Gasteiger partial charge in [-0.15, -0.1) is 0 Å². The average molecular weight is 306 g/mol. The number of ether oxygens (including phenoxy) is 1. The van der Waals surface area contributed by atoms with Gasteiger partial charge in [-0.1, -0.05) is 0 Å². The lowest BCUT2D eigenvalue weighted by molar-refractivity contribution is -0.159. The predicted octanol–water partition coefficient (Wildman–Crippen LogP) is -0.610. The molecule has 1 rings (SSSR count). The summed E-state index contributed by atoms with van der Waals surface area (Å²) in [5.41, 5.74) is -0.503. The number of carboxylic acid groups (broad SMARTS) is 2. The fourth-order valence-electron chi connectivity index (χ4n) is 1.45. The SMILES string of the molecule is CC(C)(C)OC(=O)N[C@@H]1CNCC[C@H]1O.O=C(O)C(=O)O.